The highest BCUT2D eigenvalue weighted by Crippen LogP contribution is 2.33. The van der Waals surface area contributed by atoms with E-state index in [2.05, 4.69) is 10.2 Å². The lowest BCUT2D eigenvalue weighted by Gasteiger charge is -2.33. The molecule has 0 aliphatic carbocycles. The lowest BCUT2D eigenvalue weighted by atomic mass is 9.91. The number of ether oxygens (including phenoxy) is 2. The molecule has 2 fully saturated rings. The maximum absolute atomic E-state index is 12.1. The van der Waals surface area contributed by atoms with Gasteiger partial charge < -0.3 is 19.2 Å². The monoisotopic (exact) mass is 308 g/mol. The molecule has 0 aromatic carbocycles. The van der Waals surface area contributed by atoms with Crippen molar-refractivity contribution in [3.63, 3.8) is 0 Å². The minimum absolute atomic E-state index is 0.00663. The van der Waals surface area contributed by atoms with E-state index in [1.807, 2.05) is 6.07 Å². The van der Waals surface area contributed by atoms with E-state index in [0.717, 1.165) is 32.5 Å². The first kappa shape index (κ1) is 15.5. The summed E-state index contributed by atoms with van der Waals surface area (Å²) in [6.07, 6.45) is 5.27. The summed E-state index contributed by atoms with van der Waals surface area (Å²) in [6.45, 7) is 3.89. The van der Waals surface area contributed by atoms with Crippen molar-refractivity contribution >= 4 is 5.91 Å². The van der Waals surface area contributed by atoms with Crippen LogP contribution in [0.4, 0.5) is 0 Å². The van der Waals surface area contributed by atoms with Gasteiger partial charge >= 0.3 is 0 Å². The average molecular weight is 308 g/mol. The Labute approximate surface area is 130 Å². The molecule has 2 aliphatic rings. The molecule has 1 aromatic heterocycles. The van der Waals surface area contributed by atoms with Crippen LogP contribution >= 0.6 is 0 Å². The number of piperidine rings is 1. The molecule has 2 aliphatic heterocycles. The Balaban J connectivity index is 1.47. The van der Waals surface area contributed by atoms with Gasteiger partial charge in [0.1, 0.15) is 6.10 Å². The molecular formula is C16H24N2O4. The first-order chi connectivity index (χ1) is 10.8. The molecular weight excluding hydrogens is 284 g/mol. The van der Waals surface area contributed by atoms with Crippen molar-refractivity contribution in [2.75, 3.05) is 33.4 Å². The fourth-order valence-corrected chi connectivity index (χ4v) is 3.34. The van der Waals surface area contributed by atoms with E-state index in [-0.39, 0.29) is 18.1 Å². The van der Waals surface area contributed by atoms with Gasteiger partial charge in [-0.05, 0) is 31.4 Å². The number of carbonyl (C=O) groups excluding carboxylic acids is 1. The van der Waals surface area contributed by atoms with Gasteiger partial charge in [0.25, 0.3) is 0 Å². The van der Waals surface area contributed by atoms with E-state index in [1.165, 1.54) is 5.56 Å². The molecule has 1 aromatic rings. The normalized spacial score (nSPS) is 28.5. The van der Waals surface area contributed by atoms with Gasteiger partial charge in [-0.1, -0.05) is 0 Å². The second kappa shape index (κ2) is 7.26. The highest BCUT2D eigenvalue weighted by Gasteiger charge is 2.41. The quantitative estimate of drug-likeness (QED) is 0.795. The lowest BCUT2D eigenvalue weighted by molar-refractivity contribution is -0.133. The molecule has 3 rings (SSSR count). The van der Waals surface area contributed by atoms with Crippen molar-refractivity contribution in [2.24, 2.45) is 5.92 Å². The zero-order chi connectivity index (χ0) is 15.4. The molecule has 3 heterocycles. The number of nitrogens with one attached hydrogen (secondary N) is 1. The predicted molar refractivity (Wildman–Crippen MR) is 80.3 cm³/mol. The summed E-state index contributed by atoms with van der Waals surface area (Å²) in [6, 6.07) is 1.99. The summed E-state index contributed by atoms with van der Waals surface area (Å²) < 4.78 is 16.0. The van der Waals surface area contributed by atoms with Gasteiger partial charge in [-0.3, -0.25) is 9.69 Å². The number of furan rings is 1. The number of fused-ring (bicyclic) bond motifs is 1. The Morgan fingerprint density at radius 2 is 2.45 bits per heavy atom. The fraction of sp³-hybridized carbons (Fsp3) is 0.688. The van der Waals surface area contributed by atoms with E-state index in [9.17, 15) is 4.79 Å². The van der Waals surface area contributed by atoms with Crippen molar-refractivity contribution in [1.29, 1.82) is 0 Å². The maximum atomic E-state index is 12.1. The molecule has 22 heavy (non-hydrogen) atoms. The predicted octanol–water partition coefficient (Wildman–Crippen LogP) is 1.02. The van der Waals surface area contributed by atoms with Crippen LogP contribution in [-0.2, 0) is 20.8 Å². The SMILES string of the molecule is COCCNC(=O)[C@@H]1C[C@@H]2CCN(Cc3ccoc3)C[C@@H]2O1. The van der Waals surface area contributed by atoms with Gasteiger partial charge in [0, 0.05) is 32.3 Å². The molecule has 3 atom stereocenters. The summed E-state index contributed by atoms with van der Waals surface area (Å²) in [5, 5.41) is 2.87. The molecule has 1 N–H and O–H groups in total. The van der Waals surface area contributed by atoms with Crippen molar-refractivity contribution in [1.82, 2.24) is 10.2 Å². The standard InChI is InChI=1S/C16H24N2O4/c1-20-7-4-17-16(19)14-8-13-2-5-18(10-15(13)22-14)9-12-3-6-21-11-12/h3,6,11,13-15H,2,4-5,7-10H2,1H3,(H,17,19)/t13-,14-,15-/m0/s1. The van der Waals surface area contributed by atoms with Crippen LogP contribution < -0.4 is 5.32 Å². The molecule has 2 saturated heterocycles. The Morgan fingerprint density at radius 3 is 3.23 bits per heavy atom. The number of hydrogen-bond donors (Lipinski definition) is 1. The maximum Gasteiger partial charge on any atom is 0.249 e. The van der Waals surface area contributed by atoms with Crippen molar-refractivity contribution < 1.29 is 18.7 Å². The van der Waals surface area contributed by atoms with E-state index >= 15 is 0 Å². The molecule has 0 bridgehead atoms. The molecule has 0 unspecified atom stereocenters. The third kappa shape index (κ3) is 3.69. The van der Waals surface area contributed by atoms with Gasteiger partial charge in [-0.15, -0.1) is 0 Å². The van der Waals surface area contributed by atoms with Crippen LogP contribution in [0.1, 0.15) is 18.4 Å². The van der Waals surface area contributed by atoms with E-state index in [4.69, 9.17) is 13.9 Å². The van der Waals surface area contributed by atoms with Crippen LogP contribution in [0.2, 0.25) is 0 Å². The minimum atomic E-state index is -0.305. The van der Waals surface area contributed by atoms with Crippen LogP contribution in [0.3, 0.4) is 0 Å². The summed E-state index contributed by atoms with van der Waals surface area (Å²) in [4.78, 5) is 14.5. The third-order valence-electron chi connectivity index (χ3n) is 4.52. The zero-order valence-electron chi connectivity index (χ0n) is 13.0. The summed E-state index contributed by atoms with van der Waals surface area (Å²) in [5.74, 6) is 0.492. The second-order valence-corrected chi connectivity index (χ2v) is 6.10. The van der Waals surface area contributed by atoms with Crippen LogP contribution in [0, 0.1) is 5.92 Å². The molecule has 1 amide bonds. The highest BCUT2D eigenvalue weighted by molar-refractivity contribution is 5.81. The Hall–Kier alpha value is -1.37. The minimum Gasteiger partial charge on any atom is -0.472 e. The van der Waals surface area contributed by atoms with Gasteiger partial charge in [0.15, 0.2) is 0 Å². The van der Waals surface area contributed by atoms with Crippen LogP contribution in [0.25, 0.3) is 0 Å². The molecule has 6 nitrogen and oxygen atoms in total. The van der Waals surface area contributed by atoms with E-state index in [0.29, 0.717) is 19.1 Å². The zero-order valence-corrected chi connectivity index (χ0v) is 13.0. The summed E-state index contributed by atoms with van der Waals surface area (Å²) >= 11 is 0. The fourth-order valence-electron chi connectivity index (χ4n) is 3.34. The summed E-state index contributed by atoms with van der Waals surface area (Å²) in [7, 11) is 1.63. The van der Waals surface area contributed by atoms with E-state index < -0.39 is 0 Å². The molecule has 0 saturated carbocycles. The Morgan fingerprint density at radius 1 is 1.55 bits per heavy atom. The second-order valence-electron chi connectivity index (χ2n) is 6.10. The molecule has 6 heteroatoms. The summed E-state index contributed by atoms with van der Waals surface area (Å²) in [5.41, 5.74) is 1.19. The van der Waals surface area contributed by atoms with Crippen LogP contribution in [0.5, 0.6) is 0 Å². The first-order valence-corrected chi connectivity index (χ1v) is 7.92. The Kier molecular flexibility index (Phi) is 5.12. The first-order valence-electron chi connectivity index (χ1n) is 7.92. The van der Waals surface area contributed by atoms with Gasteiger partial charge in [-0.2, -0.15) is 0 Å². The number of rotatable bonds is 6. The number of nitrogens with zero attached hydrogens (tertiary/aromatic N) is 1. The smallest absolute Gasteiger partial charge is 0.249 e. The Bertz CT molecular complexity index is 477. The largest absolute Gasteiger partial charge is 0.472 e. The van der Waals surface area contributed by atoms with Gasteiger partial charge in [0.2, 0.25) is 5.91 Å². The average Bonchev–Trinajstić information content (AvgIpc) is 3.16. The number of likely N-dealkylation sites (tertiary alicyclic amines) is 1. The third-order valence-corrected chi connectivity index (χ3v) is 4.52. The van der Waals surface area contributed by atoms with Crippen molar-refractivity contribution in [3.05, 3.63) is 24.2 Å². The van der Waals surface area contributed by atoms with Crippen molar-refractivity contribution in [3.8, 4) is 0 Å². The number of amides is 1. The van der Waals surface area contributed by atoms with Gasteiger partial charge in [0.05, 0.1) is 25.2 Å². The van der Waals surface area contributed by atoms with Crippen LogP contribution in [-0.4, -0.2) is 56.4 Å². The molecule has 0 spiro atoms. The number of methoxy groups -OCH3 is 1. The highest BCUT2D eigenvalue weighted by atomic mass is 16.5. The van der Waals surface area contributed by atoms with Crippen molar-refractivity contribution in [2.45, 2.75) is 31.6 Å². The van der Waals surface area contributed by atoms with Crippen LogP contribution in [0.15, 0.2) is 23.0 Å². The lowest BCUT2D eigenvalue weighted by Crippen LogP contribution is -2.42. The molecule has 0 radical (unpaired) electrons. The molecule has 122 valence electrons. The topological polar surface area (TPSA) is 63.9 Å². The number of hydrogen-bond acceptors (Lipinski definition) is 5. The van der Waals surface area contributed by atoms with Gasteiger partial charge in [-0.25, -0.2) is 0 Å². The number of carbonyl (C=O) groups is 1. The van der Waals surface area contributed by atoms with E-state index in [1.54, 1.807) is 19.6 Å².